The van der Waals surface area contributed by atoms with Crippen LogP contribution >= 0.6 is 11.3 Å². The SMILES string of the molecule is COc1ccc(C2CCCCC2)cc1-c1csc(NC(=O)N2CCN(C3CC(C)(C)N(C)C(C)(C)C3)CC2)n1. The van der Waals surface area contributed by atoms with Gasteiger partial charge in [0.1, 0.15) is 5.75 Å². The van der Waals surface area contributed by atoms with Gasteiger partial charge in [0, 0.05) is 54.2 Å². The van der Waals surface area contributed by atoms with E-state index in [9.17, 15) is 4.79 Å². The van der Waals surface area contributed by atoms with Gasteiger partial charge in [0.25, 0.3) is 0 Å². The number of nitrogens with one attached hydrogen (secondary N) is 1. The number of ether oxygens (including phenoxy) is 1. The maximum Gasteiger partial charge on any atom is 0.323 e. The monoisotopic (exact) mass is 553 g/mol. The molecule has 2 aromatic rings. The van der Waals surface area contributed by atoms with Crippen molar-refractivity contribution in [3.05, 3.63) is 29.1 Å². The van der Waals surface area contributed by atoms with E-state index in [0.717, 1.165) is 56.0 Å². The molecule has 2 aliphatic heterocycles. The average Bonchev–Trinajstić information content (AvgIpc) is 3.39. The van der Waals surface area contributed by atoms with E-state index in [0.29, 0.717) is 17.1 Å². The number of carbonyl (C=O) groups excluding carboxylic acids is 1. The number of urea groups is 1. The lowest BCUT2D eigenvalue weighted by molar-refractivity contribution is -0.0535. The molecule has 3 heterocycles. The highest BCUT2D eigenvalue weighted by Gasteiger charge is 2.45. The molecule has 1 aliphatic carbocycles. The van der Waals surface area contributed by atoms with Gasteiger partial charge in [-0.3, -0.25) is 15.1 Å². The Labute approximate surface area is 238 Å². The van der Waals surface area contributed by atoms with E-state index in [-0.39, 0.29) is 17.1 Å². The molecule has 3 fully saturated rings. The minimum Gasteiger partial charge on any atom is -0.496 e. The summed E-state index contributed by atoms with van der Waals surface area (Å²) in [6, 6.07) is 7.03. The Morgan fingerprint density at radius 2 is 1.69 bits per heavy atom. The molecule has 0 unspecified atom stereocenters. The second-order valence-corrected chi connectivity index (χ2v) is 13.9. The molecule has 0 bridgehead atoms. The number of methoxy groups -OCH3 is 1. The highest BCUT2D eigenvalue weighted by atomic mass is 32.1. The summed E-state index contributed by atoms with van der Waals surface area (Å²) in [6.45, 7) is 12.8. The molecule has 0 atom stereocenters. The predicted octanol–water partition coefficient (Wildman–Crippen LogP) is 6.67. The fourth-order valence-corrected chi connectivity index (χ4v) is 7.81. The molecule has 3 aliphatic rings. The summed E-state index contributed by atoms with van der Waals surface area (Å²) in [6.07, 6.45) is 8.79. The van der Waals surface area contributed by atoms with Gasteiger partial charge in [0.2, 0.25) is 0 Å². The van der Waals surface area contributed by atoms with E-state index in [1.54, 1.807) is 7.11 Å². The topological polar surface area (TPSA) is 60.9 Å². The fourth-order valence-electron chi connectivity index (χ4n) is 7.11. The number of thiazole rings is 1. The van der Waals surface area contributed by atoms with E-state index < -0.39 is 0 Å². The molecule has 2 amide bonds. The van der Waals surface area contributed by atoms with Crippen molar-refractivity contribution >= 4 is 22.5 Å². The lowest BCUT2D eigenvalue weighted by atomic mass is 9.77. The van der Waals surface area contributed by atoms with E-state index in [2.05, 4.69) is 68.1 Å². The summed E-state index contributed by atoms with van der Waals surface area (Å²) < 4.78 is 5.68. The Hall–Kier alpha value is -2.16. The van der Waals surface area contributed by atoms with Crippen molar-refractivity contribution < 1.29 is 9.53 Å². The lowest BCUT2D eigenvalue weighted by Crippen LogP contribution is -2.64. The van der Waals surface area contributed by atoms with Gasteiger partial charge < -0.3 is 9.64 Å². The Bertz CT molecular complexity index is 1130. The molecule has 0 spiro atoms. The standard InChI is InChI=1S/C31H47N5O2S/c1-30(2)19-24(20-31(3,4)34(30)5)35-14-16-36(17-15-35)29(37)33-28-32-26(21-39-28)25-18-23(12-13-27(25)38-6)22-10-8-7-9-11-22/h12-13,18,21-22,24H,7-11,14-17,19-20H2,1-6H3,(H,32,33,37). The van der Waals surface area contributed by atoms with Crippen molar-refractivity contribution in [2.45, 2.75) is 95.7 Å². The maximum absolute atomic E-state index is 13.2. The van der Waals surface area contributed by atoms with Crippen LogP contribution in [0.1, 0.15) is 84.1 Å². The van der Waals surface area contributed by atoms with E-state index in [4.69, 9.17) is 9.72 Å². The van der Waals surface area contributed by atoms with Gasteiger partial charge in [-0.05, 0) is 84.0 Å². The van der Waals surface area contributed by atoms with E-state index >= 15 is 0 Å². The lowest BCUT2D eigenvalue weighted by Gasteiger charge is -2.56. The summed E-state index contributed by atoms with van der Waals surface area (Å²) in [4.78, 5) is 25.0. The Morgan fingerprint density at radius 1 is 1.03 bits per heavy atom. The van der Waals surface area contributed by atoms with Crippen molar-refractivity contribution in [2.75, 3.05) is 45.7 Å². The Morgan fingerprint density at radius 3 is 2.33 bits per heavy atom. The molecule has 5 rings (SSSR count). The Balaban J connectivity index is 1.20. The van der Waals surface area contributed by atoms with Crippen LogP contribution in [0.4, 0.5) is 9.93 Å². The molecule has 39 heavy (non-hydrogen) atoms. The minimum atomic E-state index is -0.0532. The summed E-state index contributed by atoms with van der Waals surface area (Å²) in [5.41, 5.74) is 3.58. The zero-order chi connectivity index (χ0) is 27.8. The first kappa shape index (κ1) is 28.4. The molecule has 1 N–H and O–H groups in total. The molecule has 0 radical (unpaired) electrons. The molecular formula is C31H47N5O2S. The summed E-state index contributed by atoms with van der Waals surface area (Å²) in [5.74, 6) is 1.45. The molecule has 7 nitrogen and oxygen atoms in total. The van der Waals surface area contributed by atoms with Crippen molar-refractivity contribution in [2.24, 2.45) is 0 Å². The number of hydrogen-bond acceptors (Lipinski definition) is 6. The van der Waals surface area contributed by atoms with Crippen LogP contribution in [0.25, 0.3) is 11.3 Å². The van der Waals surface area contributed by atoms with E-state index in [1.165, 1.54) is 49.0 Å². The van der Waals surface area contributed by atoms with Crippen LogP contribution in [-0.2, 0) is 0 Å². The number of aromatic nitrogens is 1. The number of likely N-dealkylation sites (tertiary alicyclic amines) is 1. The van der Waals surface area contributed by atoms with Crippen molar-refractivity contribution in [1.29, 1.82) is 0 Å². The summed E-state index contributed by atoms with van der Waals surface area (Å²) in [5, 5.41) is 5.74. The quantitative estimate of drug-likeness (QED) is 0.448. The molecule has 1 saturated carbocycles. The fraction of sp³-hybridized carbons (Fsp3) is 0.677. The van der Waals surface area contributed by atoms with Crippen molar-refractivity contribution in [1.82, 2.24) is 19.7 Å². The molecular weight excluding hydrogens is 506 g/mol. The third-order valence-electron chi connectivity index (χ3n) is 9.70. The summed E-state index contributed by atoms with van der Waals surface area (Å²) in [7, 11) is 3.97. The number of anilines is 1. The number of carbonyl (C=O) groups is 1. The van der Waals surface area contributed by atoms with Crippen LogP contribution < -0.4 is 10.1 Å². The van der Waals surface area contributed by atoms with Crippen molar-refractivity contribution in [3.8, 4) is 17.0 Å². The second-order valence-electron chi connectivity index (χ2n) is 13.0. The number of hydrogen-bond donors (Lipinski definition) is 1. The number of amides is 2. The zero-order valence-corrected chi connectivity index (χ0v) is 25.6. The van der Waals surface area contributed by atoms with Crippen LogP contribution in [0.2, 0.25) is 0 Å². The number of piperidine rings is 1. The minimum absolute atomic E-state index is 0.0532. The predicted molar refractivity (Wildman–Crippen MR) is 161 cm³/mol. The number of nitrogens with zero attached hydrogens (tertiary/aromatic N) is 4. The Kier molecular flexibility index (Phi) is 8.28. The van der Waals surface area contributed by atoms with Crippen molar-refractivity contribution in [3.63, 3.8) is 0 Å². The second kappa shape index (κ2) is 11.4. The number of rotatable bonds is 5. The van der Waals surface area contributed by atoms with Crippen LogP contribution in [0.15, 0.2) is 23.6 Å². The van der Waals surface area contributed by atoms with Gasteiger partial charge in [-0.25, -0.2) is 9.78 Å². The third kappa shape index (κ3) is 6.13. The van der Waals surface area contributed by atoms with Gasteiger partial charge in [-0.15, -0.1) is 11.3 Å². The van der Waals surface area contributed by atoms with Crippen LogP contribution in [0.5, 0.6) is 5.75 Å². The largest absolute Gasteiger partial charge is 0.496 e. The zero-order valence-electron chi connectivity index (χ0n) is 24.8. The van der Waals surface area contributed by atoms with Crippen LogP contribution in [0.3, 0.4) is 0 Å². The van der Waals surface area contributed by atoms with Gasteiger partial charge in [0.05, 0.1) is 12.8 Å². The molecule has 1 aromatic carbocycles. The van der Waals surface area contributed by atoms with Gasteiger partial charge >= 0.3 is 6.03 Å². The first-order chi connectivity index (χ1) is 18.6. The first-order valence-electron chi connectivity index (χ1n) is 14.8. The molecule has 1 aromatic heterocycles. The van der Waals surface area contributed by atoms with Crippen LogP contribution in [0, 0.1) is 0 Å². The van der Waals surface area contributed by atoms with Crippen LogP contribution in [-0.4, -0.2) is 83.2 Å². The normalized spacial score (nSPS) is 23.1. The third-order valence-corrected chi connectivity index (χ3v) is 10.5. The highest BCUT2D eigenvalue weighted by Crippen LogP contribution is 2.40. The molecule has 2 saturated heterocycles. The average molecular weight is 554 g/mol. The van der Waals surface area contributed by atoms with Gasteiger partial charge in [-0.1, -0.05) is 25.3 Å². The smallest absolute Gasteiger partial charge is 0.323 e. The first-order valence-corrected chi connectivity index (χ1v) is 15.6. The van der Waals surface area contributed by atoms with Gasteiger partial charge in [-0.2, -0.15) is 0 Å². The van der Waals surface area contributed by atoms with Gasteiger partial charge in [0.15, 0.2) is 5.13 Å². The van der Waals surface area contributed by atoms with E-state index in [1.807, 2.05) is 10.3 Å². The number of piperazine rings is 1. The molecule has 8 heteroatoms. The summed E-state index contributed by atoms with van der Waals surface area (Å²) >= 11 is 1.48. The molecule has 214 valence electrons. The maximum atomic E-state index is 13.2. The highest BCUT2D eigenvalue weighted by molar-refractivity contribution is 7.14. The number of benzene rings is 1.